The van der Waals surface area contributed by atoms with Gasteiger partial charge in [-0.05, 0) is 39.8 Å². The van der Waals surface area contributed by atoms with E-state index in [9.17, 15) is 0 Å². The highest BCUT2D eigenvalue weighted by atomic mass is 32.1. The number of nitrogens with one attached hydrogen (secondary N) is 1. The molecule has 0 fully saturated rings. The molecule has 0 aromatic carbocycles. The number of allylic oxidation sites excluding steroid dienone is 1. The monoisotopic (exact) mass is 238 g/mol. The molecule has 0 bridgehead atoms. The number of nitrogens with zero attached hydrogens (tertiary/aromatic N) is 1. The molecule has 90 valence electrons. The predicted octanol–water partition coefficient (Wildman–Crippen LogP) is 3.33. The zero-order valence-corrected chi connectivity index (χ0v) is 11.4. The predicted molar refractivity (Wildman–Crippen MR) is 72.1 cm³/mol. The van der Waals surface area contributed by atoms with Crippen LogP contribution < -0.4 is 5.32 Å². The summed E-state index contributed by atoms with van der Waals surface area (Å²) in [6, 6.07) is 0. The van der Waals surface area contributed by atoms with Gasteiger partial charge in [0.1, 0.15) is 0 Å². The van der Waals surface area contributed by atoms with Gasteiger partial charge in [-0.1, -0.05) is 18.6 Å². The second-order valence-corrected chi connectivity index (χ2v) is 5.09. The van der Waals surface area contributed by atoms with Crippen molar-refractivity contribution in [3.05, 3.63) is 27.7 Å². The molecule has 1 heterocycles. The average Bonchev–Trinajstić information content (AvgIpc) is 2.63. The summed E-state index contributed by atoms with van der Waals surface area (Å²) in [5.74, 6) is 0. The molecule has 0 unspecified atom stereocenters. The van der Waals surface area contributed by atoms with Gasteiger partial charge >= 0.3 is 0 Å². The Morgan fingerprint density at radius 3 is 2.94 bits per heavy atom. The third-order valence-corrected chi connectivity index (χ3v) is 3.30. The standard InChI is InChI=1S/C13H22N2S/c1-4-7-14-8-5-6-11(2)9-13-15-12(3)10-16-13/h6,10,14H,4-5,7-9H2,1-3H3. The highest BCUT2D eigenvalue weighted by molar-refractivity contribution is 7.09. The molecule has 0 radical (unpaired) electrons. The van der Waals surface area contributed by atoms with Crippen LogP contribution in [0.2, 0.25) is 0 Å². The Kier molecular flexibility index (Phi) is 6.34. The van der Waals surface area contributed by atoms with Crippen molar-refractivity contribution in [3.8, 4) is 0 Å². The third-order valence-electron chi connectivity index (χ3n) is 2.34. The minimum atomic E-state index is 1.01. The van der Waals surface area contributed by atoms with E-state index in [1.54, 1.807) is 11.3 Å². The maximum atomic E-state index is 4.47. The van der Waals surface area contributed by atoms with Gasteiger partial charge in [-0.2, -0.15) is 0 Å². The molecule has 1 rings (SSSR count). The van der Waals surface area contributed by atoms with Crippen LogP contribution in [0.4, 0.5) is 0 Å². The summed E-state index contributed by atoms with van der Waals surface area (Å²) in [6.07, 6.45) is 5.66. The van der Waals surface area contributed by atoms with Crippen LogP contribution in [0.3, 0.4) is 0 Å². The van der Waals surface area contributed by atoms with E-state index in [4.69, 9.17) is 0 Å². The topological polar surface area (TPSA) is 24.9 Å². The second-order valence-electron chi connectivity index (χ2n) is 4.15. The van der Waals surface area contributed by atoms with Gasteiger partial charge in [-0.25, -0.2) is 4.98 Å². The molecular weight excluding hydrogens is 216 g/mol. The lowest BCUT2D eigenvalue weighted by atomic mass is 10.2. The smallest absolute Gasteiger partial charge is 0.0968 e. The molecule has 0 saturated heterocycles. The van der Waals surface area contributed by atoms with Gasteiger partial charge in [0.05, 0.1) is 5.01 Å². The number of aromatic nitrogens is 1. The Balaban J connectivity index is 2.23. The lowest BCUT2D eigenvalue weighted by Gasteiger charge is -2.01. The zero-order valence-electron chi connectivity index (χ0n) is 10.5. The summed E-state index contributed by atoms with van der Waals surface area (Å²) in [5, 5.41) is 6.75. The normalized spacial score (nSPS) is 12.1. The van der Waals surface area contributed by atoms with E-state index in [0.717, 1.165) is 31.6 Å². The average molecular weight is 238 g/mol. The Hall–Kier alpha value is -0.670. The second kappa shape index (κ2) is 7.58. The zero-order chi connectivity index (χ0) is 11.8. The fourth-order valence-electron chi connectivity index (χ4n) is 1.52. The number of rotatable bonds is 7. The summed E-state index contributed by atoms with van der Waals surface area (Å²) < 4.78 is 0. The van der Waals surface area contributed by atoms with Crippen molar-refractivity contribution in [1.29, 1.82) is 0 Å². The first-order valence-corrected chi connectivity index (χ1v) is 6.87. The molecule has 1 aromatic rings. The van der Waals surface area contributed by atoms with Gasteiger partial charge < -0.3 is 5.32 Å². The number of thiazole rings is 1. The molecule has 2 nitrogen and oxygen atoms in total. The van der Waals surface area contributed by atoms with Gasteiger partial charge in [-0.3, -0.25) is 0 Å². The maximum absolute atomic E-state index is 4.47. The highest BCUT2D eigenvalue weighted by Crippen LogP contribution is 2.13. The van der Waals surface area contributed by atoms with E-state index >= 15 is 0 Å². The van der Waals surface area contributed by atoms with E-state index in [1.807, 2.05) is 6.92 Å². The minimum Gasteiger partial charge on any atom is -0.316 e. The van der Waals surface area contributed by atoms with Crippen molar-refractivity contribution in [2.24, 2.45) is 0 Å². The van der Waals surface area contributed by atoms with Gasteiger partial charge in [0.25, 0.3) is 0 Å². The first-order valence-electron chi connectivity index (χ1n) is 5.99. The van der Waals surface area contributed by atoms with E-state index in [1.165, 1.54) is 17.0 Å². The molecule has 1 aromatic heterocycles. The van der Waals surface area contributed by atoms with Crippen LogP contribution in [0.1, 0.15) is 37.4 Å². The third kappa shape index (κ3) is 5.42. The lowest BCUT2D eigenvalue weighted by molar-refractivity contribution is 0.677. The molecule has 0 spiro atoms. The molecule has 0 aliphatic carbocycles. The van der Waals surface area contributed by atoms with Crippen LogP contribution in [-0.2, 0) is 6.42 Å². The van der Waals surface area contributed by atoms with E-state index in [0.29, 0.717) is 0 Å². The Morgan fingerprint density at radius 1 is 1.50 bits per heavy atom. The van der Waals surface area contributed by atoms with Crippen LogP contribution in [-0.4, -0.2) is 18.1 Å². The molecule has 0 aliphatic rings. The highest BCUT2D eigenvalue weighted by Gasteiger charge is 1.99. The largest absolute Gasteiger partial charge is 0.316 e. The quantitative estimate of drug-likeness (QED) is 0.582. The van der Waals surface area contributed by atoms with Crippen molar-refractivity contribution in [3.63, 3.8) is 0 Å². The summed E-state index contributed by atoms with van der Waals surface area (Å²) in [7, 11) is 0. The number of hydrogen-bond acceptors (Lipinski definition) is 3. The van der Waals surface area contributed by atoms with Gasteiger partial charge in [-0.15, -0.1) is 11.3 Å². The number of hydrogen-bond donors (Lipinski definition) is 1. The van der Waals surface area contributed by atoms with Crippen molar-refractivity contribution < 1.29 is 0 Å². The molecule has 0 atom stereocenters. The van der Waals surface area contributed by atoms with Crippen LogP contribution >= 0.6 is 11.3 Å². The fraction of sp³-hybridized carbons (Fsp3) is 0.615. The van der Waals surface area contributed by atoms with Crippen molar-refractivity contribution in [2.45, 2.75) is 40.0 Å². The molecular formula is C13H22N2S. The molecule has 3 heteroatoms. The summed E-state index contributed by atoms with van der Waals surface area (Å²) in [5.41, 5.74) is 2.56. The van der Waals surface area contributed by atoms with Crippen molar-refractivity contribution in [2.75, 3.05) is 13.1 Å². The molecule has 0 aliphatic heterocycles. The Bertz CT molecular complexity index is 328. The first-order chi connectivity index (χ1) is 7.72. The first kappa shape index (κ1) is 13.4. The van der Waals surface area contributed by atoms with E-state index in [2.05, 4.69) is 35.6 Å². The summed E-state index contributed by atoms with van der Waals surface area (Å²) in [6.45, 7) is 8.64. The fourth-order valence-corrected chi connectivity index (χ4v) is 2.38. The van der Waals surface area contributed by atoms with E-state index in [-0.39, 0.29) is 0 Å². The molecule has 0 amide bonds. The minimum absolute atomic E-state index is 1.01. The van der Waals surface area contributed by atoms with Gasteiger partial charge in [0, 0.05) is 17.5 Å². The van der Waals surface area contributed by atoms with Crippen LogP contribution in [0.25, 0.3) is 0 Å². The summed E-state index contributed by atoms with van der Waals surface area (Å²) in [4.78, 5) is 4.47. The molecule has 1 N–H and O–H groups in total. The van der Waals surface area contributed by atoms with Crippen LogP contribution in [0, 0.1) is 6.92 Å². The molecule has 0 saturated carbocycles. The SMILES string of the molecule is CCCNCCC=C(C)Cc1nc(C)cs1. The summed E-state index contributed by atoms with van der Waals surface area (Å²) >= 11 is 1.76. The van der Waals surface area contributed by atoms with E-state index < -0.39 is 0 Å². The van der Waals surface area contributed by atoms with Crippen molar-refractivity contribution >= 4 is 11.3 Å². The van der Waals surface area contributed by atoms with Crippen LogP contribution in [0.15, 0.2) is 17.0 Å². The van der Waals surface area contributed by atoms with Crippen LogP contribution in [0.5, 0.6) is 0 Å². The number of aryl methyl sites for hydroxylation is 1. The lowest BCUT2D eigenvalue weighted by Crippen LogP contribution is -2.15. The maximum Gasteiger partial charge on any atom is 0.0968 e. The van der Waals surface area contributed by atoms with Gasteiger partial charge in [0.2, 0.25) is 0 Å². The Labute approximate surface area is 103 Å². The Morgan fingerprint density at radius 2 is 2.31 bits per heavy atom. The molecule has 16 heavy (non-hydrogen) atoms. The van der Waals surface area contributed by atoms with Crippen molar-refractivity contribution in [1.82, 2.24) is 10.3 Å². The van der Waals surface area contributed by atoms with Gasteiger partial charge in [0.15, 0.2) is 0 Å².